The number of fused-ring (bicyclic) bond motifs is 2. The van der Waals surface area contributed by atoms with Crippen LogP contribution in [-0.4, -0.2) is 40.2 Å². The fraction of sp³-hybridized carbons (Fsp3) is 0.176. The molecule has 3 aromatic rings. The summed E-state index contributed by atoms with van der Waals surface area (Å²) >= 11 is 2.88. The van der Waals surface area contributed by atoms with E-state index in [0.29, 0.717) is 11.4 Å². The first-order valence-electron chi connectivity index (χ1n) is 7.80. The van der Waals surface area contributed by atoms with Gasteiger partial charge in [0.1, 0.15) is 21.9 Å². The van der Waals surface area contributed by atoms with Gasteiger partial charge in [-0.25, -0.2) is 9.97 Å². The Kier molecular flexibility index (Phi) is 4.48. The lowest BCUT2D eigenvalue weighted by Crippen LogP contribution is -2.49. The first-order chi connectivity index (χ1) is 12.6. The molecule has 0 saturated heterocycles. The minimum Gasteiger partial charge on any atom is -0.477 e. The maximum absolute atomic E-state index is 12.8. The second-order valence-electron chi connectivity index (χ2n) is 5.59. The number of primary amides is 1. The number of benzene rings is 1. The molecule has 3 heterocycles. The maximum Gasteiger partial charge on any atom is 0.260 e. The molecule has 4 rings (SSSR count). The lowest BCUT2D eigenvalue weighted by Gasteiger charge is -2.33. The highest BCUT2D eigenvalue weighted by molar-refractivity contribution is 8.00. The van der Waals surface area contributed by atoms with Crippen LogP contribution in [0.5, 0.6) is 5.75 Å². The number of thioether (sulfide) groups is 1. The van der Waals surface area contributed by atoms with E-state index in [0.717, 1.165) is 15.2 Å². The smallest absolute Gasteiger partial charge is 0.260 e. The summed E-state index contributed by atoms with van der Waals surface area (Å²) in [5.74, 6) is -0.0789. The Morgan fingerprint density at radius 2 is 2.15 bits per heavy atom. The number of thiophene rings is 1. The molecule has 1 aliphatic rings. The molecule has 26 heavy (non-hydrogen) atoms. The van der Waals surface area contributed by atoms with Crippen LogP contribution in [0.15, 0.2) is 47.1 Å². The maximum atomic E-state index is 12.8. The molecule has 0 fully saturated rings. The van der Waals surface area contributed by atoms with E-state index in [1.165, 1.54) is 29.4 Å². The average Bonchev–Trinajstić information content (AvgIpc) is 3.14. The molecule has 2 N–H and O–H groups in total. The van der Waals surface area contributed by atoms with Crippen molar-refractivity contribution in [2.24, 2.45) is 5.73 Å². The molecule has 0 radical (unpaired) electrons. The number of amides is 2. The summed E-state index contributed by atoms with van der Waals surface area (Å²) in [5, 5.41) is 3.64. The second-order valence-corrected chi connectivity index (χ2v) is 7.45. The van der Waals surface area contributed by atoms with Gasteiger partial charge in [0.2, 0.25) is 5.91 Å². The molecular formula is C17H14N4O3S2. The number of anilines is 1. The second kappa shape index (κ2) is 6.93. The number of aromatic nitrogens is 2. The lowest BCUT2D eigenvalue weighted by atomic mass is 10.2. The van der Waals surface area contributed by atoms with Crippen molar-refractivity contribution in [2.75, 3.05) is 17.2 Å². The van der Waals surface area contributed by atoms with Crippen LogP contribution in [0.1, 0.15) is 0 Å². The van der Waals surface area contributed by atoms with Gasteiger partial charge < -0.3 is 15.4 Å². The highest BCUT2D eigenvalue weighted by atomic mass is 32.2. The van der Waals surface area contributed by atoms with Crippen molar-refractivity contribution >= 4 is 50.8 Å². The number of hydrogen-bond acceptors (Lipinski definition) is 7. The van der Waals surface area contributed by atoms with E-state index >= 15 is 0 Å². The van der Waals surface area contributed by atoms with Crippen LogP contribution in [0.2, 0.25) is 0 Å². The summed E-state index contributed by atoms with van der Waals surface area (Å²) in [6, 6.07) is 9.06. The number of nitrogens with zero attached hydrogens (tertiary/aromatic N) is 3. The van der Waals surface area contributed by atoms with E-state index < -0.39 is 12.0 Å². The van der Waals surface area contributed by atoms with Gasteiger partial charge in [-0.1, -0.05) is 23.9 Å². The summed E-state index contributed by atoms with van der Waals surface area (Å²) in [6.45, 7) is 0.101. The Morgan fingerprint density at radius 3 is 3.00 bits per heavy atom. The molecule has 0 bridgehead atoms. The predicted octanol–water partition coefficient (Wildman–Crippen LogP) is 2.06. The lowest BCUT2D eigenvalue weighted by molar-refractivity contribution is -0.125. The summed E-state index contributed by atoms with van der Waals surface area (Å²) in [6.07, 6.45) is 0.639. The molecule has 2 amide bonds. The van der Waals surface area contributed by atoms with Crippen molar-refractivity contribution in [3.8, 4) is 5.75 Å². The van der Waals surface area contributed by atoms with Crippen LogP contribution in [0.4, 0.5) is 5.69 Å². The van der Waals surface area contributed by atoms with Gasteiger partial charge in [0.25, 0.3) is 5.91 Å². The fourth-order valence-corrected chi connectivity index (χ4v) is 4.36. The van der Waals surface area contributed by atoms with E-state index in [1.54, 1.807) is 23.1 Å². The molecule has 1 atom stereocenters. The van der Waals surface area contributed by atoms with Crippen LogP contribution in [-0.2, 0) is 9.59 Å². The van der Waals surface area contributed by atoms with Crippen LogP contribution >= 0.6 is 23.1 Å². The molecule has 9 heteroatoms. The van der Waals surface area contributed by atoms with Crippen molar-refractivity contribution in [3.63, 3.8) is 0 Å². The quantitative estimate of drug-likeness (QED) is 0.544. The van der Waals surface area contributed by atoms with Crippen LogP contribution < -0.4 is 15.4 Å². The summed E-state index contributed by atoms with van der Waals surface area (Å²) in [4.78, 5) is 35.3. The minimum absolute atomic E-state index is 0.101. The monoisotopic (exact) mass is 386 g/mol. The highest BCUT2D eigenvalue weighted by Gasteiger charge is 2.32. The van der Waals surface area contributed by atoms with Crippen LogP contribution in [0.3, 0.4) is 0 Å². The third-order valence-corrected chi connectivity index (χ3v) is 5.76. The minimum atomic E-state index is -0.860. The fourth-order valence-electron chi connectivity index (χ4n) is 2.71. The first-order valence-corrected chi connectivity index (χ1v) is 9.66. The Balaban J connectivity index is 1.55. The Bertz CT molecular complexity index is 991. The van der Waals surface area contributed by atoms with Crippen molar-refractivity contribution < 1.29 is 14.3 Å². The molecule has 0 unspecified atom stereocenters. The molecule has 2 aromatic heterocycles. The summed E-state index contributed by atoms with van der Waals surface area (Å²) < 4.78 is 5.59. The Hall–Kier alpha value is -2.65. The first kappa shape index (κ1) is 16.8. The normalized spacial score (nSPS) is 16.2. The van der Waals surface area contributed by atoms with Gasteiger partial charge in [-0.15, -0.1) is 11.3 Å². The molecular weight excluding hydrogens is 372 g/mol. The number of nitrogens with two attached hydrogens (primary N) is 1. The number of carbonyl (C=O) groups excluding carboxylic acids is 2. The number of rotatable bonds is 4. The Labute approximate surface area is 157 Å². The van der Waals surface area contributed by atoms with Gasteiger partial charge in [0, 0.05) is 5.39 Å². The Morgan fingerprint density at radius 1 is 1.31 bits per heavy atom. The van der Waals surface area contributed by atoms with E-state index in [9.17, 15) is 9.59 Å². The summed E-state index contributed by atoms with van der Waals surface area (Å²) in [5.41, 5.74) is 6.02. The number of hydrogen-bond donors (Lipinski definition) is 1. The molecule has 0 spiro atoms. The van der Waals surface area contributed by atoms with Crippen molar-refractivity contribution in [1.82, 2.24) is 9.97 Å². The number of para-hydroxylation sites is 2. The summed E-state index contributed by atoms with van der Waals surface area (Å²) in [7, 11) is 0. The molecule has 0 saturated carbocycles. The molecule has 1 aliphatic heterocycles. The predicted molar refractivity (Wildman–Crippen MR) is 101 cm³/mol. The van der Waals surface area contributed by atoms with Crippen LogP contribution in [0, 0.1) is 0 Å². The zero-order chi connectivity index (χ0) is 18.1. The standard InChI is InChI=1S/C17H14N4O3S2/c18-15(23)13-7-21(11-3-1-2-4-12(11)24-13)14(22)8-26-17-10-5-6-25-16(10)19-9-20-17/h1-6,9,13H,7-8H2,(H2,18,23)/t13-/m1/s1. The third-order valence-electron chi connectivity index (χ3n) is 3.95. The largest absolute Gasteiger partial charge is 0.477 e. The van der Waals surface area contributed by atoms with Gasteiger partial charge in [-0.2, -0.15) is 0 Å². The van der Waals surface area contributed by atoms with Gasteiger partial charge in [-0.3, -0.25) is 9.59 Å². The van der Waals surface area contributed by atoms with Gasteiger partial charge in [-0.05, 0) is 23.6 Å². The van der Waals surface area contributed by atoms with Gasteiger partial charge in [0.05, 0.1) is 18.0 Å². The van der Waals surface area contributed by atoms with Crippen LogP contribution in [0.25, 0.3) is 10.2 Å². The van der Waals surface area contributed by atoms with E-state index in [-0.39, 0.29) is 18.2 Å². The van der Waals surface area contributed by atoms with E-state index in [2.05, 4.69) is 9.97 Å². The number of ether oxygens (including phenoxy) is 1. The van der Waals surface area contributed by atoms with E-state index in [1.807, 2.05) is 17.5 Å². The van der Waals surface area contributed by atoms with Crippen molar-refractivity contribution in [2.45, 2.75) is 11.1 Å². The SMILES string of the molecule is NC(=O)[C@H]1CN(C(=O)CSc2ncnc3sccc23)c2ccccc2O1. The van der Waals surface area contributed by atoms with Gasteiger partial charge in [0.15, 0.2) is 6.10 Å². The van der Waals surface area contributed by atoms with Crippen molar-refractivity contribution in [1.29, 1.82) is 0 Å². The number of carbonyl (C=O) groups is 2. The zero-order valence-electron chi connectivity index (χ0n) is 13.5. The molecule has 7 nitrogen and oxygen atoms in total. The molecule has 0 aliphatic carbocycles. The topological polar surface area (TPSA) is 98.4 Å². The zero-order valence-corrected chi connectivity index (χ0v) is 15.1. The molecule has 132 valence electrons. The van der Waals surface area contributed by atoms with Gasteiger partial charge >= 0.3 is 0 Å². The van der Waals surface area contributed by atoms with Crippen molar-refractivity contribution in [3.05, 3.63) is 42.0 Å². The third kappa shape index (κ3) is 3.11. The highest BCUT2D eigenvalue weighted by Crippen LogP contribution is 2.34. The van der Waals surface area contributed by atoms with E-state index in [4.69, 9.17) is 10.5 Å². The average molecular weight is 386 g/mol. The molecule has 1 aromatic carbocycles.